The van der Waals surface area contributed by atoms with E-state index >= 15 is 0 Å². The van der Waals surface area contributed by atoms with Gasteiger partial charge in [-0.15, -0.1) is 0 Å². The number of esters is 1. The number of hydrogen-bond acceptors (Lipinski definition) is 2. The van der Waals surface area contributed by atoms with Gasteiger partial charge in [0.15, 0.2) is 0 Å². The van der Waals surface area contributed by atoms with Gasteiger partial charge in [0, 0.05) is 11.4 Å². The third-order valence-electron chi connectivity index (χ3n) is 0.669. The van der Waals surface area contributed by atoms with Gasteiger partial charge in [-0.3, -0.25) is 4.79 Å². The van der Waals surface area contributed by atoms with Crippen LogP contribution in [0.15, 0.2) is 12.2 Å². The van der Waals surface area contributed by atoms with E-state index in [4.69, 9.17) is 0 Å². The van der Waals surface area contributed by atoms with Crippen LogP contribution in [-0.2, 0) is 9.53 Å². The fourth-order valence-electron chi connectivity index (χ4n) is 0.242. The van der Waals surface area contributed by atoms with Crippen molar-refractivity contribution in [2.24, 2.45) is 0 Å². The zero-order chi connectivity index (χ0) is 7.28. The third-order valence-corrected chi connectivity index (χ3v) is 1.75. The number of rotatable bonds is 3. The van der Waals surface area contributed by atoms with Crippen LogP contribution in [0.1, 0.15) is 6.92 Å². The predicted octanol–water partition coefficient (Wildman–Crippen LogP) is 1.54. The number of hydrogen-bond donors (Lipinski definition) is 0. The molecule has 0 unspecified atom stereocenters. The predicted molar refractivity (Wildman–Crippen MR) is 44.7 cm³/mol. The minimum atomic E-state index is -0.249. The average Bonchev–Trinajstić information content (AvgIpc) is 1.83. The van der Waals surface area contributed by atoms with Crippen LogP contribution in [0, 0.1) is 0 Å². The monoisotopic (exact) mass is 240 g/mol. The molecule has 52 valence electrons. The lowest BCUT2D eigenvalue weighted by Gasteiger charge is -1.99. The number of carbonyl (C=O) groups is 1. The fourth-order valence-corrected chi connectivity index (χ4v) is 0.462. The molecule has 0 N–H and O–H groups in total. The Bertz CT molecular complexity index is 120. The van der Waals surface area contributed by atoms with E-state index in [0.29, 0.717) is 6.61 Å². The van der Waals surface area contributed by atoms with E-state index in [9.17, 15) is 4.79 Å². The Balaban J connectivity index is 3.28. The van der Waals surface area contributed by atoms with Crippen LogP contribution in [0.4, 0.5) is 0 Å². The normalized spacial score (nSPS) is 8.67. The molecule has 0 spiro atoms. The van der Waals surface area contributed by atoms with Gasteiger partial charge >= 0.3 is 5.97 Å². The molecule has 0 fully saturated rings. The summed E-state index contributed by atoms with van der Waals surface area (Å²) in [6.07, 6.45) is 0. The Morgan fingerprint density at radius 3 is 2.67 bits per heavy atom. The van der Waals surface area contributed by atoms with Crippen molar-refractivity contribution in [3.63, 3.8) is 0 Å². The standard InChI is InChI=1S/C6H9IO2/c1-5(3-7)4-9-6(2)8/h1,3-4H2,2H3. The molecule has 3 heteroatoms. The summed E-state index contributed by atoms with van der Waals surface area (Å²) in [4.78, 5) is 10.2. The maximum absolute atomic E-state index is 10.2. The second kappa shape index (κ2) is 4.78. The molecule has 0 aliphatic carbocycles. The lowest BCUT2D eigenvalue weighted by Crippen LogP contribution is -2.02. The first-order valence-corrected chi connectivity index (χ1v) is 4.05. The molecule has 0 radical (unpaired) electrons. The molecule has 0 amide bonds. The molecular formula is C6H9IO2. The molecule has 2 nitrogen and oxygen atoms in total. The highest BCUT2D eigenvalue weighted by molar-refractivity contribution is 14.1. The third kappa shape index (κ3) is 5.82. The number of alkyl halides is 1. The van der Waals surface area contributed by atoms with E-state index in [1.165, 1.54) is 6.92 Å². The van der Waals surface area contributed by atoms with Gasteiger partial charge in [0.2, 0.25) is 0 Å². The molecule has 0 bridgehead atoms. The van der Waals surface area contributed by atoms with Crippen molar-refractivity contribution >= 4 is 28.6 Å². The molecule has 0 saturated carbocycles. The van der Waals surface area contributed by atoms with Crippen LogP contribution in [0.3, 0.4) is 0 Å². The quantitative estimate of drug-likeness (QED) is 0.323. The van der Waals surface area contributed by atoms with Crippen LogP contribution in [0.25, 0.3) is 0 Å². The van der Waals surface area contributed by atoms with Gasteiger partial charge in [0.05, 0.1) is 0 Å². The molecule has 9 heavy (non-hydrogen) atoms. The summed E-state index contributed by atoms with van der Waals surface area (Å²) in [6.45, 7) is 5.41. The van der Waals surface area contributed by atoms with Gasteiger partial charge in [-0.05, 0) is 5.57 Å². The maximum Gasteiger partial charge on any atom is 0.302 e. The summed E-state index contributed by atoms with van der Waals surface area (Å²) in [6, 6.07) is 0. The summed E-state index contributed by atoms with van der Waals surface area (Å²) < 4.78 is 5.49. The van der Waals surface area contributed by atoms with Gasteiger partial charge in [0.25, 0.3) is 0 Å². The van der Waals surface area contributed by atoms with Crippen molar-refractivity contribution in [3.05, 3.63) is 12.2 Å². The van der Waals surface area contributed by atoms with Crippen molar-refractivity contribution in [3.8, 4) is 0 Å². The largest absolute Gasteiger partial charge is 0.461 e. The minimum Gasteiger partial charge on any atom is -0.461 e. The lowest BCUT2D eigenvalue weighted by molar-refractivity contribution is -0.139. The highest BCUT2D eigenvalue weighted by Gasteiger charge is 1.93. The van der Waals surface area contributed by atoms with Gasteiger partial charge in [-0.2, -0.15) is 0 Å². The summed E-state index contributed by atoms with van der Waals surface area (Å²) >= 11 is 2.17. The Morgan fingerprint density at radius 2 is 2.33 bits per heavy atom. The summed E-state index contributed by atoms with van der Waals surface area (Å²) in [7, 11) is 0. The SMILES string of the molecule is C=C(CI)COC(C)=O. The Hall–Kier alpha value is -0.0600. The molecule has 0 aromatic heterocycles. The zero-order valence-corrected chi connectivity index (χ0v) is 7.47. The molecule has 0 aromatic rings. The van der Waals surface area contributed by atoms with Crippen LogP contribution in [0.2, 0.25) is 0 Å². The topological polar surface area (TPSA) is 26.3 Å². The van der Waals surface area contributed by atoms with Crippen molar-refractivity contribution in [1.29, 1.82) is 0 Å². The van der Waals surface area contributed by atoms with Crippen molar-refractivity contribution in [1.82, 2.24) is 0 Å². The van der Waals surface area contributed by atoms with E-state index in [2.05, 4.69) is 33.9 Å². The fraction of sp³-hybridized carbons (Fsp3) is 0.500. The van der Waals surface area contributed by atoms with Gasteiger partial charge in [-0.1, -0.05) is 29.2 Å². The maximum atomic E-state index is 10.2. The lowest BCUT2D eigenvalue weighted by atomic mass is 10.4. The first kappa shape index (κ1) is 8.94. The Kier molecular flexibility index (Phi) is 4.75. The molecule has 0 aromatic carbocycles. The van der Waals surface area contributed by atoms with Gasteiger partial charge < -0.3 is 4.74 Å². The first-order valence-electron chi connectivity index (χ1n) is 2.52. The van der Waals surface area contributed by atoms with Crippen molar-refractivity contribution in [2.45, 2.75) is 6.92 Å². The van der Waals surface area contributed by atoms with Crippen LogP contribution >= 0.6 is 22.6 Å². The second-order valence-corrected chi connectivity index (χ2v) is 2.43. The first-order chi connectivity index (χ1) is 4.16. The molecule has 0 aliphatic heterocycles. The summed E-state index contributed by atoms with van der Waals surface area (Å²) in [5, 5.41) is 0. The molecule has 0 heterocycles. The van der Waals surface area contributed by atoms with Crippen LogP contribution in [-0.4, -0.2) is 17.0 Å². The highest BCUT2D eigenvalue weighted by atomic mass is 127. The zero-order valence-electron chi connectivity index (χ0n) is 5.32. The summed E-state index contributed by atoms with van der Waals surface area (Å²) in [5.74, 6) is -0.249. The van der Waals surface area contributed by atoms with Crippen molar-refractivity contribution in [2.75, 3.05) is 11.0 Å². The van der Waals surface area contributed by atoms with Crippen LogP contribution < -0.4 is 0 Å². The van der Waals surface area contributed by atoms with Crippen LogP contribution in [0.5, 0.6) is 0 Å². The van der Waals surface area contributed by atoms with E-state index < -0.39 is 0 Å². The van der Waals surface area contributed by atoms with Gasteiger partial charge in [0.1, 0.15) is 6.61 Å². The number of carbonyl (C=O) groups excluding carboxylic acids is 1. The summed E-state index contributed by atoms with van der Waals surface area (Å²) in [5.41, 5.74) is 0.936. The molecule has 0 atom stereocenters. The van der Waals surface area contributed by atoms with Crippen molar-refractivity contribution < 1.29 is 9.53 Å². The van der Waals surface area contributed by atoms with E-state index in [1.807, 2.05) is 0 Å². The molecule has 0 saturated heterocycles. The highest BCUT2D eigenvalue weighted by Crippen LogP contribution is 1.96. The Morgan fingerprint density at radius 1 is 1.78 bits per heavy atom. The minimum absolute atomic E-state index is 0.249. The average molecular weight is 240 g/mol. The second-order valence-electron chi connectivity index (χ2n) is 1.66. The number of ether oxygens (including phenoxy) is 1. The van der Waals surface area contributed by atoms with E-state index in [0.717, 1.165) is 10.0 Å². The Labute approximate surface area is 68.4 Å². The molecular weight excluding hydrogens is 231 g/mol. The molecule has 0 aliphatic rings. The van der Waals surface area contributed by atoms with E-state index in [1.54, 1.807) is 0 Å². The van der Waals surface area contributed by atoms with Gasteiger partial charge in [-0.25, -0.2) is 0 Å². The smallest absolute Gasteiger partial charge is 0.302 e. The van der Waals surface area contributed by atoms with E-state index in [-0.39, 0.29) is 5.97 Å². The number of halogens is 1. The molecule has 0 rings (SSSR count).